The van der Waals surface area contributed by atoms with Crippen LogP contribution in [0.2, 0.25) is 0 Å². The van der Waals surface area contributed by atoms with Crippen molar-refractivity contribution >= 4 is 11.8 Å². The third-order valence-corrected chi connectivity index (χ3v) is 3.97. The van der Waals surface area contributed by atoms with Gasteiger partial charge in [-0.15, -0.1) is 0 Å². The number of hydrogen-bond acceptors (Lipinski definition) is 5. The lowest BCUT2D eigenvalue weighted by molar-refractivity contribution is 0.443. The van der Waals surface area contributed by atoms with Gasteiger partial charge in [0.1, 0.15) is 17.4 Å². The number of ether oxygens (including phenoxy) is 1. The summed E-state index contributed by atoms with van der Waals surface area (Å²) >= 11 is 1.19. The van der Waals surface area contributed by atoms with E-state index in [0.29, 0.717) is 10.9 Å². The van der Waals surface area contributed by atoms with Crippen LogP contribution in [0.15, 0.2) is 58.5 Å². The van der Waals surface area contributed by atoms with Crippen LogP contribution in [0.1, 0.15) is 5.56 Å². The molecule has 0 atom stereocenters. The van der Waals surface area contributed by atoms with Crippen molar-refractivity contribution in [2.45, 2.75) is 5.16 Å². The topological polar surface area (TPSA) is 78.8 Å². The van der Waals surface area contributed by atoms with Crippen molar-refractivity contribution in [2.75, 3.05) is 6.26 Å². The Kier molecular flexibility index (Phi) is 4.82. The summed E-state index contributed by atoms with van der Waals surface area (Å²) in [4.78, 5) is 18.7. The van der Waals surface area contributed by atoms with Gasteiger partial charge in [-0.05, 0) is 30.5 Å². The third kappa shape index (κ3) is 3.39. The number of para-hydroxylation sites is 1. The molecule has 0 bridgehead atoms. The molecule has 0 amide bonds. The molecule has 0 spiro atoms. The van der Waals surface area contributed by atoms with Crippen molar-refractivity contribution in [1.82, 2.24) is 9.97 Å². The number of rotatable bonds is 4. The van der Waals surface area contributed by atoms with Crippen LogP contribution in [0.4, 0.5) is 4.39 Å². The summed E-state index contributed by atoms with van der Waals surface area (Å²) < 4.78 is 20.5. The minimum atomic E-state index is -0.687. The maximum Gasteiger partial charge on any atom is 0.270 e. The second kappa shape index (κ2) is 7.20. The normalized spacial score (nSPS) is 10.3. The molecule has 1 aromatic heterocycles. The van der Waals surface area contributed by atoms with E-state index in [1.54, 1.807) is 42.7 Å². The highest BCUT2D eigenvalue weighted by Gasteiger charge is 2.19. The number of aromatic amines is 1. The number of hydrogen-bond donors (Lipinski definition) is 1. The van der Waals surface area contributed by atoms with Crippen LogP contribution in [-0.4, -0.2) is 16.2 Å². The second-order valence-electron chi connectivity index (χ2n) is 4.94. The molecule has 1 heterocycles. The minimum Gasteiger partial charge on any atom is -0.454 e. The van der Waals surface area contributed by atoms with E-state index in [1.807, 2.05) is 6.07 Å². The van der Waals surface area contributed by atoms with E-state index in [4.69, 9.17) is 4.74 Å². The molecule has 3 aromatic rings. The summed E-state index contributed by atoms with van der Waals surface area (Å²) in [6.45, 7) is 0. The third-order valence-electron chi connectivity index (χ3n) is 3.39. The van der Waals surface area contributed by atoms with Crippen molar-refractivity contribution in [3.63, 3.8) is 0 Å². The van der Waals surface area contributed by atoms with E-state index in [0.717, 1.165) is 0 Å². The lowest BCUT2D eigenvalue weighted by Gasteiger charge is -2.11. The molecule has 0 aliphatic rings. The lowest BCUT2D eigenvalue weighted by atomic mass is 10.1. The largest absolute Gasteiger partial charge is 0.454 e. The number of nitriles is 1. The zero-order chi connectivity index (χ0) is 17.8. The summed E-state index contributed by atoms with van der Waals surface area (Å²) in [7, 11) is 0. The summed E-state index contributed by atoms with van der Waals surface area (Å²) in [6.07, 6.45) is 1.72. The zero-order valence-electron chi connectivity index (χ0n) is 13.1. The van der Waals surface area contributed by atoms with Gasteiger partial charge in [-0.25, -0.2) is 9.37 Å². The van der Waals surface area contributed by atoms with Crippen LogP contribution in [0.5, 0.6) is 11.5 Å². The second-order valence-corrected chi connectivity index (χ2v) is 5.74. The van der Waals surface area contributed by atoms with Gasteiger partial charge in [0.15, 0.2) is 16.7 Å². The van der Waals surface area contributed by atoms with E-state index < -0.39 is 11.4 Å². The van der Waals surface area contributed by atoms with Gasteiger partial charge in [0, 0.05) is 5.56 Å². The van der Waals surface area contributed by atoms with Crippen LogP contribution in [0, 0.1) is 17.1 Å². The molecule has 3 rings (SSSR count). The molecule has 2 aromatic carbocycles. The Bertz CT molecular complexity index is 1010. The molecule has 0 radical (unpaired) electrons. The van der Waals surface area contributed by atoms with Gasteiger partial charge in [0.25, 0.3) is 5.56 Å². The Hall–Kier alpha value is -3.11. The highest BCUT2D eigenvalue weighted by Crippen LogP contribution is 2.32. The average Bonchev–Trinajstić information content (AvgIpc) is 2.63. The molecule has 0 aliphatic carbocycles. The van der Waals surface area contributed by atoms with E-state index in [-0.39, 0.29) is 22.6 Å². The van der Waals surface area contributed by atoms with Crippen molar-refractivity contribution in [3.05, 3.63) is 70.3 Å². The number of halogens is 1. The predicted octanol–water partition coefficient (Wildman–Crippen LogP) is 3.96. The van der Waals surface area contributed by atoms with E-state index in [2.05, 4.69) is 9.97 Å². The number of nitrogens with zero attached hydrogens (tertiary/aromatic N) is 2. The summed E-state index contributed by atoms with van der Waals surface area (Å²) in [6, 6.07) is 15.1. The number of thioether (sulfide) groups is 1. The van der Waals surface area contributed by atoms with Gasteiger partial charge < -0.3 is 9.72 Å². The van der Waals surface area contributed by atoms with Gasteiger partial charge in [-0.1, -0.05) is 36.0 Å². The maximum absolute atomic E-state index is 14.9. The average molecular weight is 353 g/mol. The van der Waals surface area contributed by atoms with Crippen molar-refractivity contribution in [2.24, 2.45) is 0 Å². The molecule has 0 unspecified atom stereocenters. The van der Waals surface area contributed by atoms with Gasteiger partial charge >= 0.3 is 0 Å². The molecule has 25 heavy (non-hydrogen) atoms. The van der Waals surface area contributed by atoms with E-state index in [1.165, 1.54) is 23.9 Å². The van der Waals surface area contributed by atoms with Gasteiger partial charge in [-0.2, -0.15) is 5.26 Å². The quantitative estimate of drug-likeness (QED) is 0.567. The number of nitrogens with one attached hydrogen (secondary N) is 1. The Morgan fingerprint density at radius 1 is 1.20 bits per heavy atom. The molecule has 0 saturated carbocycles. The Morgan fingerprint density at radius 3 is 2.64 bits per heavy atom. The maximum atomic E-state index is 14.9. The minimum absolute atomic E-state index is 0.00777. The summed E-state index contributed by atoms with van der Waals surface area (Å²) in [5, 5.41) is 9.55. The fourth-order valence-corrected chi connectivity index (χ4v) is 2.61. The number of aromatic nitrogens is 2. The SMILES string of the molecule is CSc1nc(-c2cccc(Oc3ccccc3)c2F)c(C#N)c(=O)[nH]1. The standard InChI is InChI=1S/C18H12FN3O2S/c1-25-18-21-16(13(10-20)17(23)22-18)12-8-5-9-14(15(12)19)24-11-6-3-2-4-7-11/h2-9H,1H3,(H,21,22,23). The van der Waals surface area contributed by atoms with Gasteiger partial charge in [0.05, 0.1) is 5.69 Å². The Balaban J connectivity index is 2.13. The molecule has 0 aliphatic heterocycles. The summed E-state index contributed by atoms with van der Waals surface area (Å²) in [5.74, 6) is -0.226. The first-order chi connectivity index (χ1) is 12.1. The van der Waals surface area contributed by atoms with Gasteiger partial charge in [0.2, 0.25) is 0 Å². The van der Waals surface area contributed by atoms with Gasteiger partial charge in [-0.3, -0.25) is 4.79 Å². The zero-order valence-corrected chi connectivity index (χ0v) is 13.9. The first-order valence-electron chi connectivity index (χ1n) is 7.24. The molecule has 1 N–H and O–H groups in total. The van der Waals surface area contributed by atoms with E-state index >= 15 is 0 Å². The lowest BCUT2D eigenvalue weighted by Crippen LogP contribution is -2.15. The molecule has 0 saturated heterocycles. The Labute approximate surface area is 147 Å². The fraction of sp³-hybridized carbons (Fsp3) is 0.0556. The van der Waals surface area contributed by atoms with Crippen LogP contribution in [0.3, 0.4) is 0 Å². The first kappa shape index (κ1) is 16.7. The highest BCUT2D eigenvalue weighted by atomic mass is 32.2. The highest BCUT2D eigenvalue weighted by molar-refractivity contribution is 7.98. The fourth-order valence-electron chi connectivity index (χ4n) is 2.24. The van der Waals surface area contributed by atoms with Crippen LogP contribution >= 0.6 is 11.8 Å². The summed E-state index contributed by atoms with van der Waals surface area (Å²) in [5.41, 5.74) is -0.822. The molecule has 5 nitrogen and oxygen atoms in total. The molecular formula is C18H12FN3O2S. The van der Waals surface area contributed by atoms with Crippen molar-refractivity contribution < 1.29 is 9.13 Å². The van der Waals surface area contributed by atoms with Crippen molar-refractivity contribution in [3.8, 4) is 28.8 Å². The predicted molar refractivity (Wildman–Crippen MR) is 93.3 cm³/mol. The van der Waals surface area contributed by atoms with Crippen LogP contribution < -0.4 is 10.3 Å². The first-order valence-corrected chi connectivity index (χ1v) is 8.46. The van der Waals surface area contributed by atoms with E-state index in [9.17, 15) is 14.4 Å². The number of H-pyrrole nitrogens is 1. The smallest absolute Gasteiger partial charge is 0.270 e. The molecule has 124 valence electrons. The Morgan fingerprint density at radius 2 is 1.96 bits per heavy atom. The number of benzene rings is 2. The molecule has 0 fully saturated rings. The molecule has 7 heteroatoms. The van der Waals surface area contributed by atoms with Crippen LogP contribution in [-0.2, 0) is 0 Å². The van der Waals surface area contributed by atoms with Crippen LogP contribution in [0.25, 0.3) is 11.3 Å². The van der Waals surface area contributed by atoms with Crippen molar-refractivity contribution in [1.29, 1.82) is 5.26 Å². The monoisotopic (exact) mass is 353 g/mol. The molecular weight excluding hydrogens is 341 g/mol.